The zero-order valence-corrected chi connectivity index (χ0v) is 15.3. The Hall–Kier alpha value is -3.45. The van der Waals surface area contributed by atoms with Crippen LogP contribution in [0.2, 0.25) is 5.02 Å². The summed E-state index contributed by atoms with van der Waals surface area (Å²) in [6, 6.07) is 16.7. The van der Waals surface area contributed by atoms with Crippen LogP contribution in [0.15, 0.2) is 73.1 Å². The zero-order valence-electron chi connectivity index (χ0n) is 14.6. The number of anilines is 1. The van der Waals surface area contributed by atoms with Crippen molar-refractivity contribution in [1.82, 2.24) is 19.6 Å². The van der Waals surface area contributed by atoms with Gasteiger partial charge in [-0.15, -0.1) is 5.10 Å². The highest BCUT2D eigenvalue weighted by Gasteiger charge is 2.21. The summed E-state index contributed by atoms with van der Waals surface area (Å²) in [6.45, 7) is 0.270. The van der Waals surface area contributed by atoms with Gasteiger partial charge in [-0.1, -0.05) is 28.9 Å². The van der Waals surface area contributed by atoms with E-state index in [1.807, 2.05) is 12.1 Å². The molecule has 2 heterocycles. The number of nitrogens with one attached hydrogen (secondary N) is 1. The predicted molar refractivity (Wildman–Crippen MR) is 104 cm³/mol. The molecule has 0 fully saturated rings. The lowest BCUT2D eigenvalue weighted by molar-refractivity contribution is 0.102. The van der Waals surface area contributed by atoms with E-state index in [1.54, 1.807) is 58.0 Å². The molecular weight excluding hydrogens is 381 g/mol. The zero-order chi connectivity index (χ0) is 19.5. The highest BCUT2D eigenvalue weighted by atomic mass is 35.5. The molecule has 0 aliphatic carbocycles. The van der Waals surface area contributed by atoms with Gasteiger partial charge in [-0.25, -0.2) is 9.07 Å². The first-order valence-corrected chi connectivity index (χ1v) is 8.86. The maximum atomic E-state index is 13.5. The van der Waals surface area contributed by atoms with Crippen molar-refractivity contribution in [3.63, 3.8) is 0 Å². The van der Waals surface area contributed by atoms with E-state index in [0.29, 0.717) is 22.1 Å². The van der Waals surface area contributed by atoms with E-state index >= 15 is 0 Å². The van der Waals surface area contributed by atoms with Gasteiger partial charge in [-0.3, -0.25) is 4.79 Å². The number of benzene rings is 2. The second kappa shape index (κ2) is 7.66. The lowest BCUT2D eigenvalue weighted by Gasteiger charge is -2.10. The van der Waals surface area contributed by atoms with Crippen LogP contribution in [0.5, 0.6) is 0 Å². The SMILES string of the molecule is O=C(Nc1ccc(Cl)cc1)c1nnn(Cc2cccc(F)c2)c1-n1cccc1. The topological polar surface area (TPSA) is 64.7 Å². The molecular formula is C20H15ClFN5O. The molecule has 0 saturated carbocycles. The van der Waals surface area contributed by atoms with Crippen LogP contribution in [0.1, 0.15) is 16.1 Å². The molecule has 0 bridgehead atoms. The summed E-state index contributed by atoms with van der Waals surface area (Å²) < 4.78 is 16.8. The standard InChI is InChI=1S/C20H15ClFN5O/c21-15-6-8-17(9-7-15)23-19(28)18-20(26-10-1-2-11-26)27(25-24-18)13-14-4-3-5-16(22)12-14/h1-12H,13H2,(H,23,28). The van der Waals surface area contributed by atoms with Gasteiger partial charge in [0.25, 0.3) is 5.91 Å². The van der Waals surface area contributed by atoms with Gasteiger partial charge in [0.15, 0.2) is 11.5 Å². The average Bonchev–Trinajstić information content (AvgIpc) is 3.33. The number of rotatable bonds is 5. The molecule has 0 atom stereocenters. The van der Waals surface area contributed by atoms with E-state index in [1.165, 1.54) is 12.1 Å². The summed E-state index contributed by atoms with van der Waals surface area (Å²) >= 11 is 5.88. The number of amides is 1. The second-order valence-corrected chi connectivity index (χ2v) is 6.54. The Bertz CT molecular complexity index is 1110. The Morgan fingerprint density at radius 3 is 2.54 bits per heavy atom. The Morgan fingerprint density at radius 2 is 1.82 bits per heavy atom. The average molecular weight is 396 g/mol. The lowest BCUT2D eigenvalue weighted by Crippen LogP contribution is -2.16. The molecule has 1 amide bonds. The maximum Gasteiger partial charge on any atom is 0.280 e. The Morgan fingerprint density at radius 1 is 1.07 bits per heavy atom. The van der Waals surface area contributed by atoms with Crippen molar-refractivity contribution in [3.8, 4) is 5.82 Å². The van der Waals surface area contributed by atoms with Crippen molar-refractivity contribution in [2.75, 3.05) is 5.32 Å². The predicted octanol–water partition coefficient (Wildman–Crippen LogP) is 4.16. The summed E-state index contributed by atoms with van der Waals surface area (Å²) in [5, 5.41) is 11.5. The number of aromatic nitrogens is 4. The van der Waals surface area contributed by atoms with Gasteiger partial charge in [-0.05, 0) is 54.1 Å². The fourth-order valence-electron chi connectivity index (χ4n) is 2.82. The summed E-state index contributed by atoms with van der Waals surface area (Å²) in [6.07, 6.45) is 3.58. The third-order valence-electron chi connectivity index (χ3n) is 4.10. The van der Waals surface area contributed by atoms with Crippen LogP contribution in [-0.4, -0.2) is 25.5 Å². The van der Waals surface area contributed by atoms with Gasteiger partial charge in [0.05, 0.1) is 6.54 Å². The molecule has 0 radical (unpaired) electrons. The molecule has 0 aliphatic rings. The molecule has 6 nitrogen and oxygen atoms in total. The number of carbonyl (C=O) groups is 1. The number of hydrogen-bond donors (Lipinski definition) is 1. The van der Waals surface area contributed by atoms with E-state index in [2.05, 4.69) is 15.6 Å². The first kappa shape index (κ1) is 17.9. The Labute approximate surface area is 165 Å². The van der Waals surface area contributed by atoms with Crippen molar-refractivity contribution >= 4 is 23.2 Å². The molecule has 0 unspecified atom stereocenters. The van der Waals surface area contributed by atoms with Crippen LogP contribution >= 0.6 is 11.6 Å². The molecule has 8 heteroatoms. The highest BCUT2D eigenvalue weighted by Crippen LogP contribution is 2.18. The number of nitrogens with zero attached hydrogens (tertiary/aromatic N) is 4. The number of carbonyl (C=O) groups excluding carboxylic acids is 1. The third-order valence-corrected chi connectivity index (χ3v) is 4.35. The highest BCUT2D eigenvalue weighted by molar-refractivity contribution is 6.30. The third kappa shape index (κ3) is 3.79. The quantitative estimate of drug-likeness (QED) is 0.551. The molecule has 140 valence electrons. The summed E-state index contributed by atoms with van der Waals surface area (Å²) in [7, 11) is 0. The molecule has 2 aromatic heterocycles. The molecule has 28 heavy (non-hydrogen) atoms. The fraction of sp³-hybridized carbons (Fsp3) is 0.0500. The normalized spacial score (nSPS) is 10.8. The van der Waals surface area contributed by atoms with E-state index in [9.17, 15) is 9.18 Å². The van der Waals surface area contributed by atoms with E-state index in [0.717, 1.165) is 0 Å². The van der Waals surface area contributed by atoms with Gasteiger partial charge in [0.1, 0.15) is 5.82 Å². The largest absolute Gasteiger partial charge is 0.320 e. The second-order valence-electron chi connectivity index (χ2n) is 6.10. The minimum atomic E-state index is -0.406. The first-order chi connectivity index (χ1) is 13.6. The van der Waals surface area contributed by atoms with E-state index < -0.39 is 5.91 Å². The number of halogens is 2. The van der Waals surface area contributed by atoms with Crippen molar-refractivity contribution in [1.29, 1.82) is 0 Å². The van der Waals surface area contributed by atoms with Gasteiger partial charge in [0, 0.05) is 23.1 Å². The fourth-order valence-corrected chi connectivity index (χ4v) is 2.95. The first-order valence-electron chi connectivity index (χ1n) is 8.48. The molecule has 0 aliphatic heterocycles. The smallest absolute Gasteiger partial charge is 0.280 e. The van der Waals surface area contributed by atoms with Crippen molar-refractivity contribution in [2.45, 2.75) is 6.54 Å². The molecule has 4 aromatic rings. The van der Waals surface area contributed by atoms with Crippen LogP contribution in [0.4, 0.5) is 10.1 Å². The van der Waals surface area contributed by atoms with Crippen LogP contribution in [0.3, 0.4) is 0 Å². The van der Waals surface area contributed by atoms with Crippen LogP contribution in [0.25, 0.3) is 5.82 Å². The minimum absolute atomic E-state index is 0.155. The molecule has 2 aromatic carbocycles. The van der Waals surface area contributed by atoms with Crippen LogP contribution in [0, 0.1) is 5.82 Å². The lowest BCUT2D eigenvalue weighted by atomic mass is 10.2. The molecule has 0 spiro atoms. The Balaban J connectivity index is 1.68. The monoisotopic (exact) mass is 395 g/mol. The summed E-state index contributed by atoms with van der Waals surface area (Å²) in [4.78, 5) is 12.8. The van der Waals surface area contributed by atoms with Gasteiger partial charge in [0.2, 0.25) is 0 Å². The van der Waals surface area contributed by atoms with Crippen LogP contribution < -0.4 is 5.32 Å². The number of hydrogen-bond acceptors (Lipinski definition) is 3. The van der Waals surface area contributed by atoms with Crippen molar-refractivity contribution < 1.29 is 9.18 Å². The minimum Gasteiger partial charge on any atom is -0.320 e. The van der Waals surface area contributed by atoms with Crippen LogP contribution in [-0.2, 0) is 6.54 Å². The molecule has 0 saturated heterocycles. The van der Waals surface area contributed by atoms with Gasteiger partial charge in [-0.2, -0.15) is 0 Å². The van der Waals surface area contributed by atoms with Gasteiger partial charge >= 0.3 is 0 Å². The van der Waals surface area contributed by atoms with Gasteiger partial charge < -0.3 is 9.88 Å². The van der Waals surface area contributed by atoms with E-state index in [4.69, 9.17) is 11.6 Å². The van der Waals surface area contributed by atoms with E-state index in [-0.39, 0.29) is 18.1 Å². The summed E-state index contributed by atoms with van der Waals surface area (Å²) in [5.41, 5.74) is 1.46. The van der Waals surface area contributed by atoms with Crippen molar-refractivity contribution in [2.24, 2.45) is 0 Å². The molecule has 1 N–H and O–H groups in total. The maximum absolute atomic E-state index is 13.5. The van der Waals surface area contributed by atoms with Crippen molar-refractivity contribution in [3.05, 3.63) is 95.2 Å². The summed E-state index contributed by atoms with van der Waals surface area (Å²) in [5.74, 6) is -0.252. The Kier molecular flexibility index (Phi) is 4.90. The molecule has 4 rings (SSSR count).